The van der Waals surface area contributed by atoms with Crippen molar-refractivity contribution in [2.45, 2.75) is 26.1 Å². The number of halogens is 3. The van der Waals surface area contributed by atoms with Crippen LogP contribution in [0.25, 0.3) is 11.4 Å². The van der Waals surface area contributed by atoms with Gasteiger partial charge in [-0.3, -0.25) is 9.59 Å². The minimum absolute atomic E-state index is 0.0863. The first kappa shape index (κ1) is 19.9. The summed E-state index contributed by atoms with van der Waals surface area (Å²) >= 11 is 0. The lowest BCUT2D eigenvalue weighted by atomic mass is 10.0. The van der Waals surface area contributed by atoms with Crippen molar-refractivity contribution in [1.29, 1.82) is 0 Å². The molecule has 1 aromatic heterocycles. The average molecular weight is 413 g/mol. The third kappa shape index (κ3) is 3.85. The summed E-state index contributed by atoms with van der Waals surface area (Å²) < 4.78 is 39.0. The summed E-state index contributed by atoms with van der Waals surface area (Å²) in [5.41, 5.74) is 1.36. The second kappa shape index (κ2) is 7.44. The molecule has 3 aromatic rings. The summed E-state index contributed by atoms with van der Waals surface area (Å²) in [6.45, 7) is 2.41. The molecule has 0 fully saturated rings. The van der Waals surface area contributed by atoms with Gasteiger partial charge in [-0.15, -0.1) is 0 Å². The number of H-pyrrole nitrogens is 1. The number of alkyl halides is 3. The molecule has 154 valence electrons. The Morgan fingerprint density at radius 3 is 2.57 bits per heavy atom. The van der Waals surface area contributed by atoms with Gasteiger partial charge in [-0.25, -0.2) is 4.98 Å². The van der Waals surface area contributed by atoms with Gasteiger partial charge in [-0.2, -0.15) is 13.2 Å². The molecule has 5 nitrogen and oxygen atoms in total. The highest BCUT2D eigenvalue weighted by molar-refractivity contribution is 5.94. The Hall–Kier alpha value is -3.42. The Morgan fingerprint density at radius 2 is 1.87 bits per heavy atom. The van der Waals surface area contributed by atoms with Crippen LogP contribution in [0.3, 0.4) is 0 Å². The molecule has 0 unspecified atom stereocenters. The second-order valence-corrected chi connectivity index (χ2v) is 7.26. The minimum Gasteiger partial charge on any atom is -0.334 e. The maximum atomic E-state index is 13.0. The van der Waals surface area contributed by atoms with Crippen LogP contribution < -0.4 is 5.56 Å². The fourth-order valence-corrected chi connectivity index (χ4v) is 3.46. The molecule has 1 aliphatic rings. The number of nitrogens with zero attached hydrogens (tertiary/aromatic N) is 2. The van der Waals surface area contributed by atoms with Crippen LogP contribution in [0.1, 0.15) is 32.7 Å². The predicted molar refractivity (Wildman–Crippen MR) is 105 cm³/mol. The van der Waals surface area contributed by atoms with Crippen LogP contribution in [0, 0.1) is 6.92 Å². The normalized spacial score (nSPS) is 13.8. The van der Waals surface area contributed by atoms with Crippen molar-refractivity contribution >= 4 is 5.91 Å². The number of amides is 1. The standard InChI is InChI=1S/C22H18F3N3O2/c1-13-5-7-14(8-6-13)21(30)28-10-9-18-17(12-28)20(29)27-19(26-18)15-3-2-4-16(11-15)22(23,24)25/h2-8,11H,9-10,12H2,1H3,(H,26,27,29). The van der Waals surface area contributed by atoms with Crippen molar-refractivity contribution in [2.24, 2.45) is 0 Å². The van der Waals surface area contributed by atoms with Crippen molar-refractivity contribution < 1.29 is 18.0 Å². The summed E-state index contributed by atoms with van der Waals surface area (Å²) in [5.74, 6) is -0.0924. The van der Waals surface area contributed by atoms with Gasteiger partial charge in [0, 0.05) is 24.1 Å². The molecule has 1 aliphatic heterocycles. The van der Waals surface area contributed by atoms with E-state index < -0.39 is 17.3 Å². The molecule has 8 heteroatoms. The molecule has 0 saturated heterocycles. The lowest BCUT2D eigenvalue weighted by Crippen LogP contribution is -2.39. The molecule has 0 atom stereocenters. The number of carbonyl (C=O) groups is 1. The van der Waals surface area contributed by atoms with E-state index in [1.165, 1.54) is 12.1 Å². The van der Waals surface area contributed by atoms with Gasteiger partial charge >= 0.3 is 6.18 Å². The second-order valence-electron chi connectivity index (χ2n) is 7.26. The third-order valence-corrected chi connectivity index (χ3v) is 5.12. The Labute approximate surface area is 170 Å². The van der Waals surface area contributed by atoms with Crippen molar-refractivity contribution in [1.82, 2.24) is 14.9 Å². The number of aromatic amines is 1. The quantitative estimate of drug-likeness (QED) is 0.692. The lowest BCUT2D eigenvalue weighted by molar-refractivity contribution is -0.137. The van der Waals surface area contributed by atoms with Crippen LogP contribution in [-0.2, 0) is 19.1 Å². The number of aromatic nitrogens is 2. The number of aryl methyl sites for hydroxylation is 1. The largest absolute Gasteiger partial charge is 0.416 e. The van der Waals surface area contributed by atoms with Crippen LogP contribution in [0.15, 0.2) is 53.3 Å². The molecular weight excluding hydrogens is 395 g/mol. The molecule has 0 saturated carbocycles. The highest BCUT2D eigenvalue weighted by Gasteiger charge is 2.31. The van der Waals surface area contributed by atoms with Crippen LogP contribution in [-0.4, -0.2) is 27.3 Å². The zero-order valence-electron chi connectivity index (χ0n) is 16.1. The van der Waals surface area contributed by atoms with E-state index in [4.69, 9.17) is 0 Å². The van der Waals surface area contributed by atoms with E-state index in [0.717, 1.165) is 17.7 Å². The number of fused-ring (bicyclic) bond motifs is 1. The summed E-state index contributed by atoms with van der Waals surface area (Å²) in [4.78, 5) is 33.9. The smallest absolute Gasteiger partial charge is 0.334 e. The summed E-state index contributed by atoms with van der Waals surface area (Å²) in [6.07, 6.45) is -4.13. The molecule has 0 radical (unpaired) electrons. The SMILES string of the molecule is Cc1ccc(C(=O)N2CCc3nc(-c4cccc(C(F)(F)F)c4)[nH]c(=O)c3C2)cc1. The first-order chi connectivity index (χ1) is 14.2. The topological polar surface area (TPSA) is 66.1 Å². The van der Waals surface area contributed by atoms with Crippen LogP contribution in [0.5, 0.6) is 0 Å². The number of rotatable bonds is 2. The molecule has 1 amide bonds. The van der Waals surface area contributed by atoms with E-state index in [1.807, 2.05) is 19.1 Å². The molecule has 2 heterocycles. The van der Waals surface area contributed by atoms with Crippen molar-refractivity contribution in [3.8, 4) is 11.4 Å². The van der Waals surface area contributed by atoms with Gasteiger partial charge in [0.25, 0.3) is 11.5 Å². The van der Waals surface area contributed by atoms with E-state index in [0.29, 0.717) is 29.8 Å². The first-order valence-corrected chi connectivity index (χ1v) is 9.38. The van der Waals surface area contributed by atoms with Gasteiger partial charge in [-0.1, -0.05) is 29.8 Å². The minimum atomic E-state index is -4.48. The molecule has 30 heavy (non-hydrogen) atoms. The van der Waals surface area contributed by atoms with Gasteiger partial charge in [-0.05, 0) is 31.2 Å². The fraction of sp³-hybridized carbons (Fsp3) is 0.227. The molecule has 2 aromatic carbocycles. The van der Waals surface area contributed by atoms with Crippen LogP contribution >= 0.6 is 0 Å². The maximum absolute atomic E-state index is 13.0. The summed E-state index contributed by atoms with van der Waals surface area (Å²) in [7, 11) is 0. The van der Waals surface area contributed by atoms with E-state index in [-0.39, 0.29) is 23.8 Å². The van der Waals surface area contributed by atoms with Gasteiger partial charge < -0.3 is 9.88 Å². The van der Waals surface area contributed by atoms with Crippen LogP contribution in [0.4, 0.5) is 13.2 Å². The monoisotopic (exact) mass is 413 g/mol. The zero-order valence-corrected chi connectivity index (χ0v) is 16.1. The number of hydrogen-bond donors (Lipinski definition) is 1. The molecule has 0 aliphatic carbocycles. The van der Waals surface area contributed by atoms with E-state index in [1.54, 1.807) is 17.0 Å². The highest BCUT2D eigenvalue weighted by atomic mass is 19.4. The van der Waals surface area contributed by atoms with E-state index in [9.17, 15) is 22.8 Å². The van der Waals surface area contributed by atoms with Gasteiger partial charge in [0.05, 0.1) is 23.4 Å². The summed E-state index contributed by atoms with van der Waals surface area (Å²) in [5, 5.41) is 0. The molecule has 4 rings (SSSR count). The number of nitrogens with one attached hydrogen (secondary N) is 1. The van der Waals surface area contributed by atoms with Gasteiger partial charge in [0.1, 0.15) is 5.82 Å². The molecule has 0 spiro atoms. The Bertz CT molecular complexity index is 1170. The summed E-state index contributed by atoms with van der Waals surface area (Å²) in [6, 6.07) is 11.9. The zero-order chi connectivity index (χ0) is 21.5. The molecule has 0 bridgehead atoms. The van der Waals surface area contributed by atoms with E-state index in [2.05, 4.69) is 9.97 Å². The third-order valence-electron chi connectivity index (χ3n) is 5.12. The van der Waals surface area contributed by atoms with Gasteiger partial charge in [0.15, 0.2) is 0 Å². The number of benzene rings is 2. The van der Waals surface area contributed by atoms with E-state index >= 15 is 0 Å². The number of hydrogen-bond acceptors (Lipinski definition) is 3. The van der Waals surface area contributed by atoms with Gasteiger partial charge in [0.2, 0.25) is 0 Å². The average Bonchev–Trinajstić information content (AvgIpc) is 2.73. The molecular formula is C22H18F3N3O2. The Morgan fingerprint density at radius 1 is 1.13 bits per heavy atom. The number of carbonyl (C=O) groups excluding carboxylic acids is 1. The van der Waals surface area contributed by atoms with Crippen LogP contribution in [0.2, 0.25) is 0 Å². The Kier molecular flexibility index (Phi) is 4.93. The van der Waals surface area contributed by atoms with Crippen molar-refractivity contribution in [2.75, 3.05) is 6.54 Å². The first-order valence-electron chi connectivity index (χ1n) is 9.38. The molecule has 1 N–H and O–H groups in total. The highest BCUT2D eigenvalue weighted by Crippen LogP contribution is 2.31. The predicted octanol–water partition coefficient (Wildman–Crippen LogP) is 3.96. The fourth-order valence-electron chi connectivity index (χ4n) is 3.46. The van der Waals surface area contributed by atoms with Crippen molar-refractivity contribution in [3.05, 3.63) is 86.8 Å². The Balaban J connectivity index is 1.63. The maximum Gasteiger partial charge on any atom is 0.416 e. The lowest BCUT2D eigenvalue weighted by Gasteiger charge is -2.28. The van der Waals surface area contributed by atoms with Crippen molar-refractivity contribution in [3.63, 3.8) is 0 Å².